The van der Waals surface area contributed by atoms with E-state index in [9.17, 15) is 4.79 Å². The van der Waals surface area contributed by atoms with Crippen molar-refractivity contribution >= 4 is 27.7 Å². The zero-order valence-electron chi connectivity index (χ0n) is 13.5. The Kier molecular flexibility index (Phi) is 4.04. The van der Waals surface area contributed by atoms with Crippen molar-refractivity contribution in [2.75, 3.05) is 6.61 Å². The van der Waals surface area contributed by atoms with E-state index >= 15 is 0 Å². The molecule has 0 saturated carbocycles. The molecule has 0 aliphatic heterocycles. The SMILES string of the molecule is O=C(COc1cccc2ccccc12)NCc1nc2ccccc2[nH]1. The van der Waals surface area contributed by atoms with Crippen molar-refractivity contribution in [1.29, 1.82) is 0 Å². The van der Waals surface area contributed by atoms with Crippen LogP contribution in [0.1, 0.15) is 5.82 Å². The molecule has 1 amide bonds. The van der Waals surface area contributed by atoms with Gasteiger partial charge in [0.1, 0.15) is 11.6 Å². The lowest BCUT2D eigenvalue weighted by Crippen LogP contribution is -2.28. The first-order valence-electron chi connectivity index (χ1n) is 8.10. The van der Waals surface area contributed by atoms with Crippen molar-refractivity contribution in [1.82, 2.24) is 15.3 Å². The van der Waals surface area contributed by atoms with Crippen molar-refractivity contribution in [2.45, 2.75) is 6.54 Å². The molecular weight excluding hydrogens is 314 g/mol. The van der Waals surface area contributed by atoms with Crippen LogP contribution in [-0.2, 0) is 11.3 Å². The van der Waals surface area contributed by atoms with Gasteiger partial charge in [0.2, 0.25) is 0 Å². The van der Waals surface area contributed by atoms with Gasteiger partial charge < -0.3 is 15.0 Å². The molecule has 1 aromatic heterocycles. The van der Waals surface area contributed by atoms with E-state index in [2.05, 4.69) is 15.3 Å². The summed E-state index contributed by atoms with van der Waals surface area (Å²) in [6.07, 6.45) is 0. The summed E-state index contributed by atoms with van der Waals surface area (Å²) in [5, 5.41) is 4.90. The van der Waals surface area contributed by atoms with Crippen LogP contribution in [0, 0.1) is 0 Å². The minimum absolute atomic E-state index is 0.0335. The number of aromatic amines is 1. The molecule has 4 aromatic rings. The van der Waals surface area contributed by atoms with Crippen LogP contribution >= 0.6 is 0 Å². The lowest BCUT2D eigenvalue weighted by molar-refractivity contribution is -0.123. The van der Waals surface area contributed by atoms with Gasteiger partial charge in [0.05, 0.1) is 17.6 Å². The summed E-state index contributed by atoms with van der Waals surface area (Å²) in [7, 11) is 0. The maximum Gasteiger partial charge on any atom is 0.258 e. The molecule has 0 bridgehead atoms. The van der Waals surface area contributed by atoms with Crippen LogP contribution in [-0.4, -0.2) is 22.5 Å². The Morgan fingerprint density at radius 2 is 1.80 bits per heavy atom. The quantitative estimate of drug-likeness (QED) is 0.589. The Morgan fingerprint density at radius 1 is 1.00 bits per heavy atom. The number of nitrogens with one attached hydrogen (secondary N) is 2. The Labute approximate surface area is 144 Å². The smallest absolute Gasteiger partial charge is 0.258 e. The number of hydrogen-bond acceptors (Lipinski definition) is 3. The highest BCUT2D eigenvalue weighted by Gasteiger charge is 2.07. The molecule has 4 rings (SSSR count). The molecule has 2 N–H and O–H groups in total. The zero-order valence-corrected chi connectivity index (χ0v) is 13.5. The summed E-state index contributed by atoms with van der Waals surface area (Å²) < 4.78 is 5.69. The van der Waals surface area contributed by atoms with Gasteiger partial charge in [0.15, 0.2) is 6.61 Å². The van der Waals surface area contributed by atoms with Gasteiger partial charge in [-0.2, -0.15) is 0 Å². The number of aromatic nitrogens is 2. The van der Waals surface area contributed by atoms with Gasteiger partial charge in [0, 0.05) is 5.39 Å². The Bertz CT molecular complexity index is 1000. The monoisotopic (exact) mass is 331 g/mol. The van der Waals surface area contributed by atoms with Crippen LogP contribution < -0.4 is 10.1 Å². The third-order valence-corrected chi connectivity index (χ3v) is 4.00. The number of benzene rings is 3. The highest BCUT2D eigenvalue weighted by Crippen LogP contribution is 2.24. The number of H-pyrrole nitrogens is 1. The number of nitrogens with zero attached hydrogens (tertiary/aromatic N) is 1. The highest BCUT2D eigenvalue weighted by atomic mass is 16.5. The van der Waals surface area contributed by atoms with Crippen LogP contribution in [0.3, 0.4) is 0 Å². The maximum absolute atomic E-state index is 12.1. The molecule has 1 heterocycles. The average Bonchev–Trinajstić information content (AvgIpc) is 3.07. The van der Waals surface area contributed by atoms with Crippen LogP contribution in [0.4, 0.5) is 0 Å². The molecule has 0 aliphatic carbocycles. The largest absolute Gasteiger partial charge is 0.483 e. The lowest BCUT2D eigenvalue weighted by Gasteiger charge is -2.09. The second-order valence-electron chi connectivity index (χ2n) is 5.74. The van der Waals surface area contributed by atoms with Gasteiger partial charge in [-0.15, -0.1) is 0 Å². The molecule has 5 heteroatoms. The van der Waals surface area contributed by atoms with Crippen molar-refractivity contribution in [3.63, 3.8) is 0 Å². The maximum atomic E-state index is 12.1. The number of hydrogen-bond donors (Lipinski definition) is 2. The number of fused-ring (bicyclic) bond motifs is 2. The second kappa shape index (κ2) is 6.65. The van der Waals surface area contributed by atoms with E-state index in [4.69, 9.17) is 4.74 Å². The number of carbonyl (C=O) groups is 1. The standard InChI is InChI=1S/C20H17N3O2/c24-20(21-12-19-22-16-9-3-4-10-17(16)23-19)13-25-18-11-5-7-14-6-1-2-8-15(14)18/h1-11H,12-13H2,(H,21,24)(H,22,23). The van der Waals surface area contributed by atoms with E-state index in [0.717, 1.165) is 27.6 Å². The van der Waals surface area contributed by atoms with Crippen molar-refractivity contribution in [3.8, 4) is 5.75 Å². The van der Waals surface area contributed by atoms with Gasteiger partial charge >= 0.3 is 0 Å². The molecule has 25 heavy (non-hydrogen) atoms. The normalized spacial score (nSPS) is 10.9. The molecule has 0 fully saturated rings. The summed E-state index contributed by atoms with van der Waals surface area (Å²) >= 11 is 0. The first-order valence-corrected chi connectivity index (χ1v) is 8.10. The number of carbonyl (C=O) groups excluding carboxylic acids is 1. The summed E-state index contributed by atoms with van der Waals surface area (Å²) in [5.41, 5.74) is 1.84. The summed E-state index contributed by atoms with van der Waals surface area (Å²) in [4.78, 5) is 19.7. The Balaban J connectivity index is 1.37. The number of para-hydroxylation sites is 2. The minimum Gasteiger partial charge on any atom is -0.483 e. The van der Waals surface area contributed by atoms with Crippen molar-refractivity contribution < 1.29 is 9.53 Å². The molecule has 0 radical (unpaired) electrons. The molecule has 5 nitrogen and oxygen atoms in total. The predicted molar refractivity (Wildman–Crippen MR) is 97.4 cm³/mol. The number of amides is 1. The van der Waals surface area contributed by atoms with Crippen LogP contribution in [0.5, 0.6) is 5.75 Å². The zero-order chi connectivity index (χ0) is 17.1. The third kappa shape index (κ3) is 3.30. The van der Waals surface area contributed by atoms with Crippen molar-refractivity contribution in [2.24, 2.45) is 0 Å². The molecule has 0 saturated heterocycles. The average molecular weight is 331 g/mol. The highest BCUT2D eigenvalue weighted by molar-refractivity contribution is 5.88. The summed E-state index contributed by atoms with van der Waals surface area (Å²) in [5.74, 6) is 1.24. The van der Waals surface area contributed by atoms with Gasteiger partial charge in [0.25, 0.3) is 5.91 Å². The molecule has 0 aliphatic rings. The fourth-order valence-corrected chi connectivity index (χ4v) is 2.79. The van der Waals surface area contributed by atoms with Crippen LogP contribution in [0.15, 0.2) is 66.7 Å². The molecule has 3 aromatic carbocycles. The second-order valence-corrected chi connectivity index (χ2v) is 5.74. The van der Waals surface area contributed by atoms with Gasteiger partial charge in [-0.1, -0.05) is 48.5 Å². The minimum atomic E-state index is -0.187. The third-order valence-electron chi connectivity index (χ3n) is 4.00. The van der Waals surface area contributed by atoms with Gasteiger partial charge in [-0.05, 0) is 23.6 Å². The van der Waals surface area contributed by atoms with Crippen LogP contribution in [0.25, 0.3) is 21.8 Å². The fraction of sp³-hybridized carbons (Fsp3) is 0.100. The van der Waals surface area contributed by atoms with E-state index in [1.54, 1.807) is 0 Å². The first kappa shape index (κ1) is 15.2. The summed E-state index contributed by atoms with van der Waals surface area (Å²) in [6, 6.07) is 21.5. The molecule has 0 unspecified atom stereocenters. The summed E-state index contributed by atoms with van der Waals surface area (Å²) in [6.45, 7) is 0.306. The van der Waals surface area contributed by atoms with Crippen LogP contribution in [0.2, 0.25) is 0 Å². The molecular formula is C20H17N3O2. The number of imidazole rings is 1. The van der Waals surface area contributed by atoms with E-state index in [-0.39, 0.29) is 12.5 Å². The fourth-order valence-electron chi connectivity index (χ4n) is 2.79. The van der Waals surface area contributed by atoms with E-state index in [1.807, 2.05) is 66.7 Å². The van der Waals surface area contributed by atoms with E-state index in [0.29, 0.717) is 12.3 Å². The topological polar surface area (TPSA) is 67.0 Å². The van der Waals surface area contributed by atoms with Gasteiger partial charge in [-0.25, -0.2) is 4.98 Å². The predicted octanol–water partition coefficient (Wildman–Crippen LogP) is 3.41. The first-order chi connectivity index (χ1) is 12.3. The van der Waals surface area contributed by atoms with Gasteiger partial charge in [-0.3, -0.25) is 4.79 Å². The van der Waals surface area contributed by atoms with E-state index in [1.165, 1.54) is 0 Å². The number of ether oxygens (including phenoxy) is 1. The number of rotatable bonds is 5. The lowest BCUT2D eigenvalue weighted by atomic mass is 10.1. The molecule has 0 atom stereocenters. The molecule has 0 spiro atoms. The van der Waals surface area contributed by atoms with Crippen molar-refractivity contribution in [3.05, 3.63) is 72.6 Å². The molecule has 124 valence electrons. The Morgan fingerprint density at radius 3 is 2.72 bits per heavy atom. The van der Waals surface area contributed by atoms with E-state index < -0.39 is 0 Å². The Hall–Kier alpha value is -3.34.